The van der Waals surface area contributed by atoms with Crippen molar-refractivity contribution in [3.63, 3.8) is 0 Å². The first-order valence-electron chi connectivity index (χ1n) is 4.15. The molecule has 2 rings (SSSR count). The van der Waals surface area contributed by atoms with Crippen LogP contribution in [0, 0.1) is 0 Å². The third kappa shape index (κ3) is 2.67. The fourth-order valence-corrected chi connectivity index (χ4v) is 2.51. The second-order valence-electron chi connectivity index (χ2n) is 2.80. The van der Waals surface area contributed by atoms with Gasteiger partial charge < -0.3 is 9.73 Å². The molecule has 3 nitrogen and oxygen atoms in total. The normalized spacial score (nSPS) is 10.6. The fourth-order valence-electron chi connectivity index (χ4n) is 1.08. The predicted octanol–water partition coefficient (Wildman–Crippen LogP) is 2.79. The largest absolute Gasteiger partial charge is 0.447 e. The van der Waals surface area contributed by atoms with Crippen molar-refractivity contribution >= 4 is 27.3 Å². The van der Waals surface area contributed by atoms with Gasteiger partial charge in [-0.15, -0.1) is 11.3 Å². The number of halogens is 1. The summed E-state index contributed by atoms with van der Waals surface area (Å²) in [4.78, 5) is 5.14. The Labute approximate surface area is 94.3 Å². The zero-order chi connectivity index (χ0) is 9.80. The molecule has 14 heavy (non-hydrogen) atoms. The molecule has 0 saturated heterocycles. The van der Waals surface area contributed by atoms with Gasteiger partial charge in [0.2, 0.25) is 0 Å². The van der Waals surface area contributed by atoms with Crippen molar-refractivity contribution in [3.8, 4) is 0 Å². The topological polar surface area (TPSA) is 38.1 Å². The van der Waals surface area contributed by atoms with Crippen LogP contribution in [0.4, 0.5) is 0 Å². The van der Waals surface area contributed by atoms with Crippen molar-refractivity contribution in [1.29, 1.82) is 0 Å². The lowest BCUT2D eigenvalue weighted by Gasteiger charge is -1.98. The lowest BCUT2D eigenvalue weighted by atomic mass is 10.4. The quantitative estimate of drug-likeness (QED) is 0.930. The van der Waals surface area contributed by atoms with Crippen molar-refractivity contribution in [2.75, 3.05) is 0 Å². The summed E-state index contributed by atoms with van der Waals surface area (Å²) in [5.41, 5.74) is 0. The first-order valence-corrected chi connectivity index (χ1v) is 5.83. The molecule has 2 aromatic heterocycles. The molecule has 1 N–H and O–H groups in total. The third-order valence-corrected chi connectivity index (χ3v) is 3.40. The summed E-state index contributed by atoms with van der Waals surface area (Å²) in [7, 11) is 0. The van der Waals surface area contributed by atoms with E-state index in [0.717, 1.165) is 23.3 Å². The summed E-state index contributed by atoms with van der Waals surface area (Å²) in [5.74, 6) is 0.862. The molecule has 0 aliphatic heterocycles. The van der Waals surface area contributed by atoms with E-state index in [9.17, 15) is 0 Å². The molecule has 2 aromatic rings. The molecule has 0 unspecified atom stereocenters. The van der Waals surface area contributed by atoms with Gasteiger partial charge in [0.1, 0.15) is 5.76 Å². The van der Waals surface area contributed by atoms with Gasteiger partial charge in [-0.3, -0.25) is 0 Å². The Hall–Kier alpha value is -0.650. The highest BCUT2D eigenvalue weighted by Crippen LogP contribution is 2.19. The number of hydrogen-bond donors (Lipinski definition) is 1. The van der Waals surface area contributed by atoms with Gasteiger partial charge in [0.25, 0.3) is 0 Å². The smallest absolute Gasteiger partial charge is 0.180 e. The molecular formula is C9H9BrN2OS. The minimum atomic E-state index is 0.718. The molecule has 0 fully saturated rings. The van der Waals surface area contributed by atoms with E-state index in [0.29, 0.717) is 0 Å². The first kappa shape index (κ1) is 9.89. The van der Waals surface area contributed by atoms with E-state index < -0.39 is 0 Å². The van der Waals surface area contributed by atoms with Crippen molar-refractivity contribution in [2.45, 2.75) is 13.1 Å². The van der Waals surface area contributed by atoms with Crippen LogP contribution >= 0.6 is 27.3 Å². The zero-order valence-electron chi connectivity index (χ0n) is 7.37. The average Bonchev–Trinajstić information content (AvgIpc) is 2.77. The Morgan fingerprint density at radius 1 is 1.50 bits per heavy atom. The monoisotopic (exact) mass is 272 g/mol. The average molecular weight is 273 g/mol. The van der Waals surface area contributed by atoms with Crippen LogP contribution in [0.2, 0.25) is 0 Å². The van der Waals surface area contributed by atoms with Crippen molar-refractivity contribution < 1.29 is 4.42 Å². The highest BCUT2D eigenvalue weighted by atomic mass is 79.9. The van der Waals surface area contributed by atoms with Crippen LogP contribution in [0.15, 0.2) is 32.9 Å². The lowest BCUT2D eigenvalue weighted by Crippen LogP contribution is -2.10. The predicted molar refractivity (Wildman–Crippen MR) is 59.1 cm³/mol. The Morgan fingerprint density at radius 2 is 2.43 bits per heavy atom. The van der Waals surface area contributed by atoms with E-state index in [1.807, 2.05) is 0 Å². The van der Waals surface area contributed by atoms with Crippen molar-refractivity contribution in [1.82, 2.24) is 10.3 Å². The number of hydrogen-bond acceptors (Lipinski definition) is 4. The van der Waals surface area contributed by atoms with E-state index in [2.05, 4.69) is 37.7 Å². The summed E-state index contributed by atoms with van der Waals surface area (Å²) in [6.45, 7) is 1.58. The maximum atomic E-state index is 5.10. The summed E-state index contributed by atoms with van der Waals surface area (Å²) < 4.78 is 6.24. The third-order valence-electron chi connectivity index (χ3n) is 1.70. The molecule has 0 spiro atoms. The minimum absolute atomic E-state index is 0.718. The van der Waals surface area contributed by atoms with Gasteiger partial charge in [-0.2, -0.15) is 0 Å². The number of oxazole rings is 1. The molecule has 0 aromatic carbocycles. The molecule has 0 aliphatic carbocycles. The second-order valence-corrected chi connectivity index (χ2v) is 4.71. The van der Waals surface area contributed by atoms with Crippen molar-refractivity contribution in [2.24, 2.45) is 0 Å². The van der Waals surface area contributed by atoms with E-state index in [1.54, 1.807) is 17.5 Å². The molecule has 0 radical (unpaired) electrons. The highest BCUT2D eigenvalue weighted by molar-refractivity contribution is 9.10. The molecular weight excluding hydrogens is 264 g/mol. The standard InChI is InChI=1S/C9H9BrN2OS/c10-7-1-9(14-5-7)4-11-2-8-3-12-6-13-8/h1,3,5-6,11H,2,4H2. The van der Waals surface area contributed by atoms with Crippen LogP contribution < -0.4 is 5.32 Å². The first-order chi connectivity index (χ1) is 6.84. The van der Waals surface area contributed by atoms with Crippen LogP contribution in [0.5, 0.6) is 0 Å². The molecule has 74 valence electrons. The van der Waals surface area contributed by atoms with Crippen LogP contribution in [-0.2, 0) is 13.1 Å². The van der Waals surface area contributed by atoms with Gasteiger partial charge in [-0.1, -0.05) is 0 Å². The molecule has 5 heteroatoms. The Bertz CT molecular complexity index is 385. The number of aromatic nitrogens is 1. The number of nitrogens with zero attached hydrogens (tertiary/aromatic N) is 1. The van der Waals surface area contributed by atoms with E-state index >= 15 is 0 Å². The molecule has 0 aliphatic rings. The summed E-state index contributed by atoms with van der Waals surface area (Å²) in [6, 6.07) is 2.11. The Balaban J connectivity index is 1.78. The zero-order valence-corrected chi connectivity index (χ0v) is 9.77. The number of rotatable bonds is 4. The molecule has 0 atom stereocenters. The summed E-state index contributed by atoms with van der Waals surface area (Å²) in [6.07, 6.45) is 3.16. The van der Waals surface area contributed by atoms with Gasteiger partial charge in [0, 0.05) is 21.3 Å². The molecule has 2 heterocycles. The highest BCUT2D eigenvalue weighted by Gasteiger charge is 1.98. The van der Waals surface area contributed by atoms with Gasteiger partial charge in [-0.25, -0.2) is 4.98 Å². The summed E-state index contributed by atoms with van der Waals surface area (Å²) in [5, 5.41) is 5.35. The Kier molecular flexibility index (Phi) is 3.34. The van der Waals surface area contributed by atoms with Crippen LogP contribution in [0.3, 0.4) is 0 Å². The van der Waals surface area contributed by atoms with Crippen LogP contribution in [0.25, 0.3) is 0 Å². The van der Waals surface area contributed by atoms with Crippen LogP contribution in [0.1, 0.15) is 10.6 Å². The molecule has 0 saturated carbocycles. The Morgan fingerprint density at radius 3 is 3.07 bits per heavy atom. The maximum absolute atomic E-state index is 5.10. The van der Waals surface area contributed by atoms with Crippen molar-refractivity contribution in [3.05, 3.63) is 39.1 Å². The number of thiophene rings is 1. The molecule has 0 bridgehead atoms. The van der Waals surface area contributed by atoms with E-state index in [1.165, 1.54) is 11.3 Å². The van der Waals surface area contributed by atoms with E-state index in [4.69, 9.17) is 4.42 Å². The van der Waals surface area contributed by atoms with E-state index in [-0.39, 0.29) is 0 Å². The summed E-state index contributed by atoms with van der Waals surface area (Å²) >= 11 is 5.15. The van der Waals surface area contributed by atoms with Gasteiger partial charge in [0.15, 0.2) is 6.39 Å². The number of nitrogens with one attached hydrogen (secondary N) is 1. The minimum Gasteiger partial charge on any atom is -0.447 e. The van der Waals surface area contributed by atoms with Crippen LogP contribution in [-0.4, -0.2) is 4.98 Å². The van der Waals surface area contributed by atoms with Gasteiger partial charge in [0.05, 0.1) is 12.7 Å². The van der Waals surface area contributed by atoms with Gasteiger partial charge in [-0.05, 0) is 22.0 Å². The molecule has 0 amide bonds. The maximum Gasteiger partial charge on any atom is 0.180 e. The second kappa shape index (κ2) is 4.72. The fraction of sp³-hybridized carbons (Fsp3) is 0.222. The van der Waals surface area contributed by atoms with Gasteiger partial charge >= 0.3 is 0 Å². The SMILES string of the molecule is Brc1csc(CNCc2cnco2)c1. The lowest BCUT2D eigenvalue weighted by molar-refractivity contribution is 0.479.